The van der Waals surface area contributed by atoms with E-state index in [0.29, 0.717) is 0 Å². The van der Waals surface area contributed by atoms with E-state index in [2.05, 4.69) is 20.0 Å². The van der Waals surface area contributed by atoms with Gasteiger partial charge in [-0.3, -0.25) is 0 Å². The zero-order chi connectivity index (χ0) is 14.7. The van der Waals surface area contributed by atoms with Crippen LogP contribution < -0.4 is 15.2 Å². The standard InChI is InChI=1S/C8H11F3N4O3S/c1-2-13-6-5(19(12,16)17)7(15-4-14-6)18-3-8(9,10)11/h4H,2-3H2,1H3,(H2,12,16,17)(H,13,14,15). The van der Waals surface area contributed by atoms with Crippen molar-refractivity contribution in [1.82, 2.24) is 9.97 Å². The highest BCUT2D eigenvalue weighted by atomic mass is 32.2. The first kappa shape index (κ1) is 15.4. The van der Waals surface area contributed by atoms with Gasteiger partial charge < -0.3 is 10.1 Å². The van der Waals surface area contributed by atoms with Crippen molar-refractivity contribution < 1.29 is 26.3 Å². The Balaban J connectivity index is 3.20. The van der Waals surface area contributed by atoms with E-state index in [-0.39, 0.29) is 12.4 Å². The van der Waals surface area contributed by atoms with Crippen LogP contribution in [0.2, 0.25) is 0 Å². The summed E-state index contributed by atoms with van der Waals surface area (Å²) < 4.78 is 63.2. The van der Waals surface area contributed by atoms with Crippen LogP contribution in [0.1, 0.15) is 6.92 Å². The van der Waals surface area contributed by atoms with Crippen LogP contribution in [0.15, 0.2) is 11.2 Å². The molecule has 0 saturated carbocycles. The maximum Gasteiger partial charge on any atom is 0.422 e. The van der Waals surface area contributed by atoms with Gasteiger partial charge in [0.2, 0.25) is 15.9 Å². The van der Waals surface area contributed by atoms with Crippen LogP contribution in [-0.2, 0) is 10.0 Å². The summed E-state index contributed by atoms with van der Waals surface area (Å²) in [6.45, 7) is 0.252. The molecule has 0 radical (unpaired) electrons. The number of anilines is 1. The normalized spacial score (nSPS) is 12.3. The zero-order valence-electron chi connectivity index (χ0n) is 9.73. The highest BCUT2D eigenvalue weighted by Crippen LogP contribution is 2.27. The Kier molecular flexibility index (Phi) is 4.52. The fraction of sp³-hybridized carbons (Fsp3) is 0.500. The largest absolute Gasteiger partial charge is 0.467 e. The Morgan fingerprint density at radius 1 is 1.42 bits per heavy atom. The van der Waals surface area contributed by atoms with Crippen molar-refractivity contribution >= 4 is 15.8 Å². The smallest absolute Gasteiger partial charge is 0.422 e. The van der Waals surface area contributed by atoms with Gasteiger partial charge in [0.25, 0.3) is 0 Å². The van der Waals surface area contributed by atoms with Gasteiger partial charge in [0.15, 0.2) is 17.3 Å². The summed E-state index contributed by atoms with van der Waals surface area (Å²) in [7, 11) is -4.33. The molecule has 0 spiro atoms. The highest BCUT2D eigenvalue weighted by Gasteiger charge is 2.31. The lowest BCUT2D eigenvalue weighted by Crippen LogP contribution is -2.23. The number of primary sulfonamides is 1. The molecule has 0 saturated heterocycles. The van der Waals surface area contributed by atoms with Gasteiger partial charge in [-0.1, -0.05) is 0 Å². The molecular weight excluding hydrogens is 289 g/mol. The van der Waals surface area contributed by atoms with Gasteiger partial charge in [-0.25, -0.2) is 23.5 Å². The minimum absolute atomic E-state index is 0.211. The first-order valence-corrected chi connectivity index (χ1v) is 6.51. The Morgan fingerprint density at radius 3 is 2.53 bits per heavy atom. The lowest BCUT2D eigenvalue weighted by atomic mass is 10.5. The third-order valence-electron chi connectivity index (χ3n) is 1.77. The molecule has 0 unspecified atom stereocenters. The van der Waals surface area contributed by atoms with Crippen LogP contribution in [0, 0.1) is 0 Å². The Bertz CT molecular complexity index is 547. The van der Waals surface area contributed by atoms with E-state index in [0.717, 1.165) is 6.33 Å². The third kappa shape index (κ3) is 4.52. The number of nitrogens with one attached hydrogen (secondary N) is 1. The lowest BCUT2D eigenvalue weighted by Gasteiger charge is -2.13. The Labute approximate surface area is 107 Å². The van der Waals surface area contributed by atoms with Gasteiger partial charge in [-0.15, -0.1) is 0 Å². The summed E-state index contributed by atoms with van der Waals surface area (Å²) in [5.41, 5.74) is 0. The van der Waals surface area contributed by atoms with Gasteiger partial charge in [-0.05, 0) is 6.92 Å². The molecular formula is C8H11F3N4O3S. The first-order chi connectivity index (χ1) is 8.65. The molecule has 0 aliphatic carbocycles. The fourth-order valence-electron chi connectivity index (χ4n) is 1.16. The number of aromatic nitrogens is 2. The molecule has 108 valence electrons. The molecule has 0 bridgehead atoms. The van der Waals surface area contributed by atoms with E-state index >= 15 is 0 Å². The van der Waals surface area contributed by atoms with Crippen molar-refractivity contribution in [3.63, 3.8) is 0 Å². The number of nitrogens with zero attached hydrogens (tertiary/aromatic N) is 2. The summed E-state index contributed by atoms with van der Waals surface area (Å²) in [5.74, 6) is -0.956. The second kappa shape index (κ2) is 5.57. The predicted octanol–water partition coefficient (Wildman–Crippen LogP) is 0.497. The van der Waals surface area contributed by atoms with Crippen LogP contribution in [-0.4, -0.2) is 37.7 Å². The van der Waals surface area contributed by atoms with Crippen molar-refractivity contribution in [3.8, 4) is 5.88 Å². The van der Waals surface area contributed by atoms with E-state index in [1.165, 1.54) is 0 Å². The number of nitrogens with two attached hydrogens (primary N) is 1. The van der Waals surface area contributed by atoms with E-state index in [9.17, 15) is 21.6 Å². The molecule has 1 aromatic rings. The molecule has 0 aliphatic heterocycles. The maximum absolute atomic E-state index is 12.1. The van der Waals surface area contributed by atoms with E-state index in [1.807, 2.05) is 0 Å². The lowest BCUT2D eigenvalue weighted by molar-refractivity contribution is -0.154. The van der Waals surface area contributed by atoms with Crippen LogP contribution in [0.3, 0.4) is 0 Å². The van der Waals surface area contributed by atoms with Crippen LogP contribution >= 0.6 is 0 Å². The highest BCUT2D eigenvalue weighted by molar-refractivity contribution is 7.89. The summed E-state index contributed by atoms with van der Waals surface area (Å²) in [5, 5.41) is 7.47. The average molecular weight is 300 g/mol. The molecule has 1 aromatic heterocycles. The van der Waals surface area contributed by atoms with Crippen molar-refractivity contribution in [3.05, 3.63) is 6.33 Å². The van der Waals surface area contributed by atoms with Crippen LogP contribution in [0.25, 0.3) is 0 Å². The van der Waals surface area contributed by atoms with Gasteiger partial charge in [0.05, 0.1) is 0 Å². The molecule has 11 heteroatoms. The summed E-state index contributed by atoms with van der Waals surface area (Å²) in [4.78, 5) is 6.25. The second-order valence-electron chi connectivity index (χ2n) is 3.34. The van der Waals surface area contributed by atoms with E-state index in [1.54, 1.807) is 6.92 Å². The molecule has 1 heterocycles. The molecule has 0 aromatic carbocycles. The molecule has 7 nitrogen and oxygen atoms in total. The summed E-state index contributed by atoms with van der Waals surface area (Å²) in [6, 6.07) is 0. The topological polar surface area (TPSA) is 107 Å². The Morgan fingerprint density at radius 2 is 2.05 bits per heavy atom. The number of rotatable bonds is 5. The molecule has 0 aliphatic rings. The average Bonchev–Trinajstić information content (AvgIpc) is 2.24. The number of alkyl halides is 3. The second-order valence-corrected chi connectivity index (χ2v) is 4.83. The SMILES string of the molecule is CCNc1ncnc(OCC(F)(F)F)c1S(N)(=O)=O. The van der Waals surface area contributed by atoms with Crippen molar-refractivity contribution in [1.29, 1.82) is 0 Å². The van der Waals surface area contributed by atoms with Crippen molar-refractivity contribution in [2.75, 3.05) is 18.5 Å². The molecule has 0 amide bonds. The zero-order valence-corrected chi connectivity index (χ0v) is 10.5. The number of sulfonamides is 1. The number of ether oxygens (including phenoxy) is 1. The predicted molar refractivity (Wildman–Crippen MR) is 59.1 cm³/mol. The fourth-order valence-corrected chi connectivity index (χ4v) is 1.91. The van der Waals surface area contributed by atoms with Crippen LogP contribution in [0.5, 0.6) is 5.88 Å². The van der Waals surface area contributed by atoms with E-state index in [4.69, 9.17) is 5.14 Å². The van der Waals surface area contributed by atoms with Gasteiger partial charge >= 0.3 is 6.18 Å². The van der Waals surface area contributed by atoms with E-state index < -0.39 is 33.6 Å². The van der Waals surface area contributed by atoms with Gasteiger partial charge in [0.1, 0.15) is 6.33 Å². The number of halogens is 3. The van der Waals surface area contributed by atoms with Crippen molar-refractivity contribution in [2.45, 2.75) is 18.0 Å². The van der Waals surface area contributed by atoms with Gasteiger partial charge in [-0.2, -0.15) is 13.2 Å². The van der Waals surface area contributed by atoms with Crippen LogP contribution in [0.4, 0.5) is 19.0 Å². The summed E-state index contributed by atoms with van der Waals surface area (Å²) in [6.07, 6.45) is -3.75. The Hall–Kier alpha value is -1.62. The molecule has 1 rings (SSSR count). The quantitative estimate of drug-likeness (QED) is 0.820. The van der Waals surface area contributed by atoms with Crippen molar-refractivity contribution in [2.24, 2.45) is 5.14 Å². The molecule has 3 N–H and O–H groups in total. The first-order valence-electron chi connectivity index (χ1n) is 4.96. The minimum atomic E-state index is -4.63. The molecule has 19 heavy (non-hydrogen) atoms. The van der Waals surface area contributed by atoms with Gasteiger partial charge in [0, 0.05) is 6.54 Å². The number of hydrogen-bond donors (Lipinski definition) is 2. The number of hydrogen-bond acceptors (Lipinski definition) is 6. The molecule has 0 fully saturated rings. The third-order valence-corrected chi connectivity index (χ3v) is 2.71. The maximum atomic E-state index is 12.1. The molecule has 0 atom stereocenters. The minimum Gasteiger partial charge on any atom is -0.467 e. The monoisotopic (exact) mass is 300 g/mol. The summed E-state index contributed by atoms with van der Waals surface area (Å²) >= 11 is 0.